The Morgan fingerprint density at radius 3 is 3.14 bits per heavy atom. The smallest absolute Gasteiger partial charge is 0.337 e. The van der Waals surface area contributed by atoms with Crippen molar-refractivity contribution >= 4 is 5.97 Å². The number of fused-ring (bicyclic) bond motifs is 1. The van der Waals surface area contributed by atoms with E-state index in [1.807, 2.05) is 0 Å². The van der Waals surface area contributed by atoms with Gasteiger partial charge in [-0.15, -0.1) is 0 Å². The molecule has 0 bridgehead atoms. The van der Waals surface area contributed by atoms with Gasteiger partial charge in [0.2, 0.25) is 0 Å². The van der Waals surface area contributed by atoms with Crippen LogP contribution in [0.4, 0.5) is 0 Å². The molecule has 0 amide bonds. The number of aromatic nitrogens is 1. The SMILES string of the molecule is CC1CCCc2cc(C(=O)O)cnc21. The maximum Gasteiger partial charge on any atom is 0.337 e. The molecule has 0 aliphatic heterocycles. The van der Waals surface area contributed by atoms with E-state index in [9.17, 15) is 4.79 Å². The van der Waals surface area contributed by atoms with Crippen LogP contribution in [0.25, 0.3) is 0 Å². The fraction of sp³-hybridized carbons (Fsp3) is 0.455. The van der Waals surface area contributed by atoms with Gasteiger partial charge in [0.1, 0.15) is 0 Å². The first-order chi connectivity index (χ1) is 6.68. The highest BCUT2D eigenvalue weighted by Crippen LogP contribution is 2.29. The van der Waals surface area contributed by atoms with Gasteiger partial charge < -0.3 is 5.11 Å². The Bertz CT molecular complexity index is 374. The van der Waals surface area contributed by atoms with Gasteiger partial charge in [0.05, 0.1) is 5.56 Å². The standard InChI is InChI=1S/C11H13NO2/c1-7-3-2-4-8-5-9(11(13)14)6-12-10(7)8/h5-7H,2-4H2,1H3,(H,13,14). The minimum atomic E-state index is -0.890. The molecule has 0 fully saturated rings. The molecule has 0 saturated heterocycles. The van der Waals surface area contributed by atoms with Crippen LogP contribution in [0.5, 0.6) is 0 Å². The number of aryl methyl sites for hydroxylation is 1. The van der Waals surface area contributed by atoms with Gasteiger partial charge in [0.15, 0.2) is 0 Å². The van der Waals surface area contributed by atoms with E-state index >= 15 is 0 Å². The zero-order chi connectivity index (χ0) is 10.1. The zero-order valence-corrected chi connectivity index (χ0v) is 8.16. The fourth-order valence-corrected chi connectivity index (χ4v) is 2.02. The van der Waals surface area contributed by atoms with Crippen LogP contribution >= 0.6 is 0 Å². The van der Waals surface area contributed by atoms with Crippen molar-refractivity contribution in [2.75, 3.05) is 0 Å². The second-order valence-corrected chi connectivity index (χ2v) is 3.87. The van der Waals surface area contributed by atoms with E-state index in [0.717, 1.165) is 30.5 Å². The van der Waals surface area contributed by atoms with Gasteiger partial charge in [-0.2, -0.15) is 0 Å². The average molecular weight is 191 g/mol. The van der Waals surface area contributed by atoms with Crippen LogP contribution in [0.3, 0.4) is 0 Å². The summed E-state index contributed by atoms with van der Waals surface area (Å²) in [5.74, 6) is -0.417. The summed E-state index contributed by atoms with van der Waals surface area (Å²) in [4.78, 5) is 15.0. The Kier molecular flexibility index (Phi) is 2.23. The van der Waals surface area contributed by atoms with Crippen molar-refractivity contribution in [1.82, 2.24) is 4.98 Å². The summed E-state index contributed by atoms with van der Waals surface area (Å²) in [5, 5.41) is 8.81. The van der Waals surface area contributed by atoms with Crippen LogP contribution < -0.4 is 0 Å². The number of nitrogens with zero attached hydrogens (tertiary/aromatic N) is 1. The molecule has 1 unspecified atom stereocenters. The zero-order valence-electron chi connectivity index (χ0n) is 8.16. The summed E-state index contributed by atoms with van der Waals surface area (Å²) < 4.78 is 0. The summed E-state index contributed by atoms with van der Waals surface area (Å²) >= 11 is 0. The molecule has 0 aromatic carbocycles. The van der Waals surface area contributed by atoms with Crippen LogP contribution in [-0.2, 0) is 6.42 Å². The van der Waals surface area contributed by atoms with Crippen molar-refractivity contribution in [2.45, 2.75) is 32.1 Å². The van der Waals surface area contributed by atoms with Gasteiger partial charge in [-0.05, 0) is 36.8 Å². The molecule has 1 heterocycles. The van der Waals surface area contributed by atoms with Gasteiger partial charge in [-0.3, -0.25) is 4.98 Å². The number of hydrogen-bond acceptors (Lipinski definition) is 2. The molecule has 2 rings (SSSR count). The highest BCUT2D eigenvalue weighted by molar-refractivity contribution is 5.87. The number of aromatic carboxylic acids is 1. The van der Waals surface area contributed by atoms with Crippen molar-refractivity contribution in [1.29, 1.82) is 0 Å². The monoisotopic (exact) mass is 191 g/mol. The Labute approximate surface area is 82.8 Å². The molecule has 74 valence electrons. The van der Waals surface area contributed by atoms with Gasteiger partial charge in [-0.1, -0.05) is 6.92 Å². The van der Waals surface area contributed by atoms with Crippen LogP contribution in [0.15, 0.2) is 12.3 Å². The van der Waals surface area contributed by atoms with E-state index in [2.05, 4.69) is 11.9 Å². The topological polar surface area (TPSA) is 50.2 Å². The molecule has 3 nitrogen and oxygen atoms in total. The third kappa shape index (κ3) is 1.50. The first-order valence-corrected chi connectivity index (χ1v) is 4.90. The Morgan fingerprint density at radius 1 is 1.64 bits per heavy atom. The first kappa shape index (κ1) is 9.19. The van der Waals surface area contributed by atoms with Crippen LogP contribution in [-0.4, -0.2) is 16.1 Å². The lowest BCUT2D eigenvalue weighted by atomic mass is 9.87. The van der Waals surface area contributed by atoms with Gasteiger partial charge >= 0.3 is 5.97 Å². The molecule has 14 heavy (non-hydrogen) atoms. The molecule has 1 aromatic heterocycles. The molecule has 1 aromatic rings. The predicted molar refractivity (Wildman–Crippen MR) is 52.5 cm³/mol. The Morgan fingerprint density at radius 2 is 2.43 bits per heavy atom. The number of hydrogen-bond donors (Lipinski definition) is 1. The van der Waals surface area contributed by atoms with E-state index < -0.39 is 5.97 Å². The number of carboxylic acid groups (broad SMARTS) is 1. The number of rotatable bonds is 1. The third-order valence-corrected chi connectivity index (χ3v) is 2.80. The highest BCUT2D eigenvalue weighted by atomic mass is 16.4. The van der Waals surface area contributed by atoms with Gasteiger partial charge in [0, 0.05) is 11.9 Å². The molecular weight excluding hydrogens is 178 g/mol. The van der Waals surface area contributed by atoms with Crippen molar-refractivity contribution in [3.8, 4) is 0 Å². The lowest BCUT2D eigenvalue weighted by Gasteiger charge is -2.20. The quantitative estimate of drug-likeness (QED) is 0.740. The number of carbonyl (C=O) groups is 1. The second kappa shape index (κ2) is 3.40. The normalized spacial score (nSPS) is 20.2. The van der Waals surface area contributed by atoms with Crippen molar-refractivity contribution < 1.29 is 9.90 Å². The first-order valence-electron chi connectivity index (χ1n) is 4.90. The molecule has 1 aliphatic carbocycles. The Hall–Kier alpha value is -1.38. The molecular formula is C11H13NO2. The van der Waals surface area contributed by atoms with E-state index in [4.69, 9.17) is 5.11 Å². The molecule has 3 heteroatoms. The molecule has 0 spiro atoms. The van der Waals surface area contributed by atoms with Gasteiger partial charge in [0.25, 0.3) is 0 Å². The molecule has 0 radical (unpaired) electrons. The van der Waals surface area contributed by atoms with Crippen molar-refractivity contribution in [2.24, 2.45) is 0 Å². The van der Waals surface area contributed by atoms with E-state index in [-0.39, 0.29) is 0 Å². The average Bonchev–Trinajstić information content (AvgIpc) is 2.17. The van der Waals surface area contributed by atoms with E-state index in [1.54, 1.807) is 6.07 Å². The number of carboxylic acids is 1. The highest BCUT2D eigenvalue weighted by Gasteiger charge is 2.18. The van der Waals surface area contributed by atoms with E-state index in [1.165, 1.54) is 6.20 Å². The maximum absolute atomic E-state index is 10.7. The third-order valence-electron chi connectivity index (χ3n) is 2.80. The summed E-state index contributed by atoms with van der Waals surface area (Å²) in [6.45, 7) is 2.14. The maximum atomic E-state index is 10.7. The molecule has 0 saturated carbocycles. The molecule has 1 aliphatic rings. The van der Waals surface area contributed by atoms with Crippen molar-refractivity contribution in [3.63, 3.8) is 0 Å². The van der Waals surface area contributed by atoms with E-state index in [0.29, 0.717) is 11.5 Å². The second-order valence-electron chi connectivity index (χ2n) is 3.87. The van der Waals surface area contributed by atoms with Crippen LogP contribution in [0.2, 0.25) is 0 Å². The molecule has 1 atom stereocenters. The van der Waals surface area contributed by atoms with Crippen LogP contribution in [0, 0.1) is 0 Å². The lowest BCUT2D eigenvalue weighted by molar-refractivity contribution is 0.0696. The minimum absolute atomic E-state index is 0.304. The molecule has 1 N–H and O–H groups in total. The predicted octanol–water partition coefficient (Wildman–Crippen LogP) is 2.22. The van der Waals surface area contributed by atoms with Crippen molar-refractivity contribution in [3.05, 3.63) is 29.1 Å². The van der Waals surface area contributed by atoms with Gasteiger partial charge in [-0.25, -0.2) is 4.79 Å². The Balaban J connectivity index is 2.44. The minimum Gasteiger partial charge on any atom is -0.478 e. The summed E-state index contributed by atoms with van der Waals surface area (Å²) in [5.41, 5.74) is 2.50. The lowest BCUT2D eigenvalue weighted by Crippen LogP contribution is -2.11. The largest absolute Gasteiger partial charge is 0.478 e. The summed E-state index contributed by atoms with van der Waals surface area (Å²) in [6.07, 6.45) is 4.72. The fourth-order valence-electron chi connectivity index (χ4n) is 2.02. The summed E-state index contributed by atoms with van der Waals surface area (Å²) in [6, 6.07) is 1.76. The van der Waals surface area contributed by atoms with Crippen LogP contribution in [0.1, 0.15) is 47.3 Å². The number of pyridine rings is 1. The summed E-state index contributed by atoms with van der Waals surface area (Å²) in [7, 11) is 0.